The predicted octanol–water partition coefficient (Wildman–Crippen LogP) is 2.81. The van der Waals surface area contributed by atoms with Gasteiger partial charge in [0.15, 0.2) is 0 Å². The lowest BCUT2D eigenvalue weighted by Crippen LogP contribution is -2.28. The minimum absolute atomic E-state index is 0.824. The molecule has 1 saturated heterocycles. The molecule has 0 aromatic carbocycles. The van der Waals surface area contributed by atoms with Crippen molar-refractivity contribution in [2.45, 2.75) is 52.5 Å². The molecule has 1 aliphatic rings. The van der Waals surface area contributed by atoms with Crippen LogP contribution in [0.5, 0.6) is 0 Å². The van der Waals surface area contributed by atoms with Gasteiger partial charge in [-0.15, -0.1) is 0 Å². The number of hydrogen-bond donors (Lipinski definition) is 1. The van der Waals surface area contributed by atoms with E-state index in [2.05, 4.69) is 26.1 Å². The molecule has 12 heavy (non-hydrogen) atoms. The molecule has 0 spiro atoms. The molecule has 72 valence electrons. The summed E-state index contributed by atoms with van der Waals surface area (Å²) in [6.45, 7) is 8.19. The van der Waals surface area contributed by atoms with Gasteiger partial charge in [-0.2, -0.15) is 0 Å². The first-order valence-corrected chi connectivity index (χ1v) is 5.47. The number of nitrogens with one attached hydrogen (secondary N) is 1. The molecule has 1 N–H and O–H groups in total. The molecule has 2 unspecified atom stereocenters. The minimum atomic E-state index is 0.824. The fraction of sp³-hybridized carbons (Fsp3) is 1.00. The maximum Gasteiger partial charge on any atom is 0.00982 e. The van der Waals surface area contributed by atoms with Gasteiger partial charge in [0.2, 0.25) is 0 Å². The van der Waals surface area contributed by atoms with Gasteiger partial charge in [-0.3, -0.25) is 0 Å². The van der Waals surface area contributed by atoms with Crippen molar-refractivity contribution in [3.8, 4) is 0 Å². The van der Waals surface area contributed by atoms with Crippen molar-refractivity contribution >= 4 is 0 Å². The summed E-state index contributed by atoms with van der Waals surface area (Å²) in [6.07, 6.45) is 5.54. The van der Waals surface area contributed by atoms with Crippen molar-refractivity contribution in [2.24, 2.45) is 11.8 Å². The van der Waals surface area contributed by atoms with E-state index in [9.17, 15) is 0 Å². The van der Waals surface area contributed by atoms with Crippen molar-refractivity contribution in [3.05, 3.63) is 0 Å². The van der Waals surface area contributed by atoms with Crippen LogP contribution in [0.4, 0.5) is 0 Å². The molecule has 0 amide bonds. The zero-order valence-corrected chi connectivity index (χ0v) is 8.77. The summed E-state index contributed by atoms with van der Waals surface area (Å²) >= 11 is 0. The summed E-state index contributed by atoms with van der Waals surface area (Å²) in [5, 5.41) is 3.62. The van der Waals surface area contributed by atoms with Crippen molar-refractivity contribution in [2.75, 3.05) is 6.54 Å². The average molecular weight is 169 g/mol. The molecule has 1 nitrogen and oxygen atoms in total. The molecule has 0 aliphatic carbocycles. The molecular weight excluding hydrogens is 146 g/mol. The van der Waals surface area contributed by atoms with Gasteiger partial charge in [0.25, 0.3) is 0 Å². The first-order valence-electron chi connectivity index (χ1n) is 5.47. The van der Waals surface area contributed by atoms with Crippen LogP contribution in [0.25, 0.3) is 0 Å². The second-order valence-corrected chi connectivity index (χ2v) is 4.53. The maximum atomic E-state index is 3.62. The molecule has 1 rings (SSSR count). The Balaban J connectivity index is 2.30. The van der Waals surface area contributed by atoms with E-state index in [0.717, 1.165) is 17.9 Å². The lowest BCUT2D eigenvalue weighted by atomic mass is 9.90. The van der Waals surface area contributed by atoms with Crippen molar-refractivity contribution < 1.29 is 0 Å². The third-order valence-corrected chi connectivity index (χ3v) is 2.88. The predicted molar refractivity (Wildman–Crippen MR) is 54.3 cm³/mol. The molecule has 1 heteroatoms. The van der Waals surface area contributed by atoms with E-state index in [1.165, 1.54) is 32.2 Å². The Morgan fingerprint density at radius 3 is 2.75 bits per heavy atom. The monoisotopic (exact) mass is 169 g/mol. The highest BCUT2D eigenvalue weighted by Gasteiger charge is 2.25. The van der Waals surface area contributed by atoms with Crippen LogP contribution in [0.1, 0.15) is 46.5 Å². The Kier molecular flexibility index (Phi) is 4.07. The molecule has 0 bridgehead atoms. The van der Waals surface area contributed by atoms with Crippen LogP contribution in [0, 0.1) is 11.8 Å². The summed E-state index contributed by atoms with van der Waals surface area (Å²) < 4.78 is 0. The van der Waals surface area contributed by atoms with Crippen LogP contribution < -0.4 is 5.32 Å². The van der Waals surface area contributed by atoms with E-state index in [0.29, 0.717) is 0 Å². The third kappa shape index (κ3) is 2.78. The van der Waals surface area contributed by atoms with Crippen LogP contribution in [0.2, 0.25) is 0 Å². The summed E-state index contributed by atoms with van der Waals surface area (Å²) in [6, 6.07) is 0.824. The highest BCUT2D eigenvalue weighted by atomic mass is 14.9. The smallest absolute Gasteiger partial charge is 0.00982 e. The van der Waals surface area contributed by atoms with Gasteiger partial charge in [-0.05, 0) is 37.6 Å². The quantitative estimate of drug-likeness (QED) is 0.682. The van der Waals surface area contributed by atoms with Gasteiger partial charge in [-0.1, -0.05) is 27.2 Å². The van der Waals surface area contributed by atoms with Gasteiger partial charge < -0.3 is 5.32 Å². The SMILES string of the molecule is CCCC1CCNC1CC(C)C. The third-order valence-electron chi connectivity index (χ3n) is 2.88. The molecule has 1 aliphatic heterocycles. The molecule has 2 atom stereocenters. The highest BCUT2D eigenvalue weighted by molar-refractivity contribution is 4.83. The molecule has 1 fully saturated rings. The number of rotatable bonds is 4. The van der Waals surface area contributed by atoms with E-state index < -0.39 is 0 Å². The molecule has 1 heterocycles. The Morgan fingerprint density at radius 1 is 1.42 bits per heavy atom. The van der Waals surface area contributed by atoms with Crippen LogP contribution in [-0.4, -0.2) is 12.6 Å². The molecular formula is C11H23N. The van der Waals surface area contributed by atoms with Crippen LogP contribution in [0.3, 0.4) is 0 Å². The summed E-state index contributed by atoms with van der Waals surface area (Å²) in [5.41, 5.74) is 0. The lowest BCUT2D eigenvalue weighted by molar-refractivity contribution is 0.358. The van der Waals surface area contributed by atoms with Gasteiger partial charge in [0.1, 0.15) is 0 Å². The minimum Gasteiger partial charge on any atom is -0.314 e. The van der Waals surface area contributed by atoms with Crippen LogP contribution in [-0.2, 0) is 0 Å². The Labute approximate surface area is 76.9 Å². The molecule has 0 aromatic heterocycles. The van der Waals surface area contributed by atoms with Crippen molar-refractivity contribution in [1.82, 2.24) is 5.32 Å². The first-order chi connectivity index (χ1) is 5.74. The van der Waals surface area contributed by atoms with E-state index in [1.54, 1.807) is 0 Å². The lowest BCUT2D eigenvalue weighted by Gasteiger charge is -2.20. The Morgan fingerprint density at radius 2 is 2.17 bits per heavy atom. The summed E-state index contributed by atoms with van der Waals surface area (Å²) in [5.74, 6) is 1.82. The topological polar surface area (TPSA) is 12.0 Å². The largest absolute Gasteiger partial charge is 0.314 e. The first kappa shape index (κ1) is 10.0. The summed E-state index contributed by atoms with van der Waals surface area (Å²) in [4.78, 5) is 0. The van der Waals surface area contributed by atoms with Gasteiger partial charge in [0, 0.05) is 6.04 Å². The zero-order chi connectivity index (χ0) is 8.97. The number of hydrogen-bond acceptors (Lipinski definition) is 1. The van der Waals surface area contributed by atoms with E-state index >= 15 is 0 Å². The van der Waals surface area contributed by atoms with Crippen LogP contribution >= 0.6 is 0 Å². The van der Waals surface area contributed by atoms with Crippen LogP contribution in [0.15, 0.2) is 0 Å². The average Bonchev–Trinajstić information content (AvgIpc) is 2.37. The second-order valence-electron chi connectivity index (χ2n) is 4.53. The molecule has 0 radical (unpaired) electrons. The van der Waals surface area contributed by atoms with Crippen molar-refractivity contribution in [1.29, 1.82) is 0 Å². The fourth-order valence-electron chi connectivity index (χ4n) is 2.32. The standard InChI is InChI=1S/C11H23N/c1-4-5-10-6-7-12-11(10)8-9(2)3/h9-12H,4-8H2,1-3H3. The van der Waals surface area contributed by atoms with Crippen molar-refractivity contribution in [3.63, 3.8) is 0 Å². The molecule has 0 aromatic rings. The Hall–Kier alpha value is -0.0400. The highest BCUT2D eigenvalue weighted by Crippen LogP contribution is 2.25. The molecule has 0 saturated carbocycles. The van der Waals surface area contributed by atoms with Gasteiger partial charge in [0.05, 0.1) is 0 Å². The second kappa shape index (κ2) is 4.86. The van der Waals surface area contributed by atoms with Gasteiger partial charge >= 0.3 is 0 Å². The van der Waals surface area contributed by atoms with Gasteiger partial charge in [-0.25, -0.2) is 0 Å². The maximum absolute atomic E-state index is 3.62. The van der Waals surface area contributed by atoms with E-state index in [4.69, 9.17) is 0 Å². The zero-order valence-electron chi connectivity index (χ0n) is 8.77. The Bertz CT molecular complexity index is 120. The van der Waals surface area contributed by atoms with E-state index in [1.807, 2.05) is 0 Å². The van der Waals surface area contributed by atoms with E-state index in [-0.39, 0.29) is 0 Å². The fourth-order valence-corrected chi connectivity index (χ4v) is 2.32. The summed E-state index contributed by atoms with van der Waals surface area (Å²) in [7, 11) is 0. The normalized spacial score (nSPS) is 30.0.